The first kappa shape index (κ1) is 18.3. The van der Waals surface area contributed by atoms with Crippen molar-refractivity contribution >= 4 is 37.6 Å². The van der Waals surface area contributed by atoms with Crippen molar-refractivity contribution in [1.82, 2.24) is 0 Å². The Morgan fingerprint density at radius 1 is 1.23 bits per heavy atom. The molecule has 1 aliphatic heterocycles. The van der Waals surface area contributed by atoms with Gasteiger partial charge in [0.2, 0.25) is 6.79 Å². The van der Waals surface area contributed by atoms with Crippen LogP contribution < -0.4 is 18.5 Å². The van der Waals surface area contributed by atoms with Gasteiger partial charge in [0.1, 0.15) is 12.3 Å². The molecule has 1 aliphatic rings. The van der Waals surface area contributed by atoms with E-state index in [0.717, 1.165) is 4.31 Å². The first-order valence-corrected chi connectivity index (χ1v) is 9.54. The third-order valence-electron chi connectivity index (χ3n) is 3.63. The van der Waals surface area contributed by atoms with Crippen LogP contribution in [0.1, 0.15) is 0 Å². The first-order chi connectivity index (χ1) is 12.3. The van der Waals surface area contributed by atoms with Gasteiger partial charge >= 0.3 is 5.97 Å². The molecule has 0 spiro atoms. The smallest absolute Gasteiger partial charge is 0.324 e. The van der Waals surface area contributed by atoms with Crippen LogP contribution >= 0.6 is 15.9 Å². The Kier molecular flexibility index (Phi) is 4.97. The Morgan fingerprint density at radius 2 is 1.96 bits per heavy atom. The number of hydrogen-bond acceptors (Lipinski definition) is 6. The van der Waals surface area contributed by atoms with Gasteiger partial charge in [-0.2, -0.15) is 0 Å². The Balaban J connectivity index is 2.06. The highest BCUT2D eigenvalue weighted by Crippen LogP contribution is 2.37. The van der Waals surface area contributed by atoms with E-state index in [1.165, 1.54) is 43.5 Å². The highest BCUT2D eigenvalue weighted by atomic mass is 79.9. The normalized spacial score (nSPS) is 12.7. The molecule has 8 nitrogen and oxygen atoms in total. The number of anilines is 1. The summed E-state index contributed by atoms with van der Waals surface area (Å²) < 4.78 is 42.9. The van der Waals surface area contributed by atoms with Gasteiger partial charge < -0.3 is 19.3 Å². The van der Waals surface area contributed by atoms with Crippen LogP contribution in [-0.4, -0.2) is 39.9 Å². The zero-order chi connectivity index (χ0) is 18.9. The summed E-state index contributed by atoms with van der Waals surface area (Å²) in [5.41, 5.74) is 0.156. The molecule has 0 aliphatic carbocycles. The van der Waals surface area contributed by atoms with Crippen molar-refractivity contribution in [2.45, 2.75) is 4.90 Å². The molecule has 2 aromatic carbocycles. The quantitative estimate of drug-likeness (QED) is 0.731. The number of rotatable bonds is 6. The van der Waals surface area contributed by atoms with Gasteiger partial charge in [0.25, 0.3) is 10.0 Å². The maximum absolute atomic E-state index is 13.0. The summed E-state index contributed by atoms with van der Waals surface area (Å²) >= 11 is 3.24. The average Bonchev–Trinajstić information content (AvgIpc) is 3.07. The Morgan fingerprint density at radius 3 is 2.62 bits per heavy atom. The third kappa shape index (κ3) is 3.42. The summed E-state index contributed by atoms with van der Waals surface area (Å²) in [6.07, 6.45) is 0. The van der Waals surface area contributed by atoms with E-state index in [-0.39, 0.29) is 17.4 Å². The molecule has 1 heterocycles. The highest BCUT2D eigenvalue weighted by molar-refractivity contribution is 9.10. The van der Waals surface area contributed by atoms with E-state index in [9.17, 15) is 18.3 Å². The summed E-state index contributed by atoms with van der Waals surface area (Å²) in [6, 6.07) is 8.62. The lowest BCUT2D eigenvalue weighted by atomic mass is 10.3. The average molecular weight is 444 g/mol. The van der Waals surface area contributed by atoms with Gasteiger partial charge in [-0.15, -0.1) is 0 Å². The van der Waals surface area contributed by atoms with Gasteiger partial charge in [-0.05, 0) is 46.3 Å². The fourth-order valence-corrected chi connectivity index (χ4v) is 4.54. The number of ether oxygens (including phenoxy) is 3. The van der Waals surface area contributed by atoms with Crippen LogP contribution in [0.15, 0.2) is 45.8 Å². The number of nitrogens with zero attached hydrogens (tertiary/aromatic N) is 1. The van der Waals surface area contributed by atoms with E-state index in [1.807, 2.05) is 0 Å². The van der Waals surface area contributed by atoms with Gasteiger partial charge in [0.05, 0.1) is 22.2 Å². The number of carboxylic acid groups (broad SMARTS) is 1. The lowest BCUT2D eigenvalue weighted by Gasteiger charge is -2.23. The van der Waals surface area contributed by atoms with Gasteiger partial charge in [0.15, 0.2) is 11.5 Å². The highest BCUT2D eigenvalue weighted by Gasteiger charge is 2.29. The second-order valence-corrected chi connectivity index (χ2v) is 7.96. The molecule has 0 amide bonds. The minimum Gasteiger partial charge on any atom is -0.496 e. The Labute approximate surface area is 158 Å². The molecular formula is C16H14BrNO7S. The fraction of sp³-hybridized carbons (Fsp3) is 0.188. The Bertz CT molecular complexity index is 961. The number of benzene rings is 2. The second kappa shape index (κ2) is 7.04. The maximum Gasteiger partial charge on any atom is 0.324 e. The van der Waals surface area contributed by atoms with Gasteiger partial charge in [0, 0.05) is 6.07 Å². The lowest BCUT2D eigenvalue weighted by molar-refractivity contribution is -0.135. The SMILES string of the molecule is COc1ccc(S(=O)(=O)N(CC(=O)O)c2ccc3c(c2)OCO3)cc1Br. The van der Waals surface area contributed by atoms with Crippen LogP contribution in [0.5, 0.6) is 17.2 Å². The van der Waals surface area contributed by atoms with E-state index >= 15 is 0 Å². The van der Waals surface area contributed by atoms with E-state index in [2.05, 4.69) is 15.9 Å². The molecule has 26 heavy (non-hydrogen) atoms. The summed E-state index contributed by atoms with van der Waals surface area (Å²) in [4.78, 5) is 11.2. The molecule has 0 bridgehead atoms. The van der Waals surface area contributed by atoms with Crippen molar-refractivity contribution in [3.05, 3.63) is 40.9 Å². The van der Waals surface area contributed by atoms with Crippen LogP contribution in [-0.2, 0) is 14.8 Å². The van der Waals surface area contributed by atoms with Gasteiger partial charge in [-0.25, -0.2) is 8.42 Å². The molecule has 0 saturated carbocycles. The largest absolute Gasteiger partial charge is 0.496 e. The molecule has 138 valence electrons. The van der Waals surface area contributed by atoms with Crippen LogP contribution in [0, 0.1) is 0 Å². The van der Waals surface area contributed by atoms with Gasteiger partial charge in [-0.3, -0.25) is 9.10 Å². The molecular weight excluding hydrogens is 430 g/mol. The van der Waals surface area contributed by atoms with Crippen molar-refractivity contribution in [2.75, 3.05) is 24.8 Å². The molecule has 10 heteroatoms. The van der Waals surface area contributed by atoms with Crippen molar-refractivity contribution in [1.29, 1.82) is 0 Å². The van der Waals surface area contributed by atoms with Crippen molar-refractivity contribution in [3.63, 3.8) is 0 Å². The zero-order valence-electron chi connectivity index (χ0n) is 13.5. The number of carbonyl (C=O) groups is 1. The monoisotopic (exact) mass is 443 g/mol. The number of sulfonamides is 1. The van der Waals surface area contributed by atoms with E-state index in [4.69, 9.17) is 14.2 Å². The number of aliphatic carboxylic acids is 1. The number of halogens is 1. The molecule has 3 rings (SSSR count). The topological polar surface area (TPSA) is 102 Å². The molecule has 0 fully saturated rings. The summed E-state index contributed by atoms with van der Waals surface area (Å²) in [5, 5.41) is 9.19. The predicted molar refractivity (Wildman–Crippen MR) is 95.4 cm³/mol. The van der Waals surface area contributed by atoms with Crippen molar-refractivity contribution < 1.29 is 32.5 Å². The molecule has 0 unspecified atom stereocenters. The van der Waals surface area contributed by atoms with E-state index < -0.39 is 22.5 Å². The molecule has 1 N–H and O–H groups in total. The summed E-state index contributed by atoms with van der Waals surface area (Å²) in [7, 11) is -2.69. The van der Waals surface area contributed by atoms with Gasteiger partial charge in [-0.1, -0.05) is 0 Å². The van der Waals surface area contributed by atoms with Crippen molar-refractivity contribution in [3.8, 4) is 17.2 Å². The van der Waals surface area contributed by atoms with Crippen molar-refractivity contribution in [2.24, 2.45) is 0 Å². The summed E-state index contributed by atoms with van der Waals surface area (Å²) in [5.74, 6) is -0.0201. The molecule has 0 aromatic heterocycles. The first-order valence-electron chi connectivity index (χ1n) is 7.30. The zero-order valence-corrected chi connectivity index (χ0v) is 15.9. The number of carboxylic acids is 1. The molecule has 0 radical (unpaired) electrons. The fourth-order valence-electron chi connectivity index (χ4n) is 2.41. The molecule has 0 saturated heterocycles. The van der Waals surface area contributed by atoms with Crippen LogP contribution in [0.2, 0.25) is 0 Å². The number of fused-ring (bicyclic) bond motifs is 1. The number of methoxy groups -OCH3 is 1. The molecule has 2 aromatic rings. The second-order valence-electron chi connectivity index (χ2n) is 5.24. The minimum atomic E-state index is -4.14. The third-order valence-corrected chi connectivity index (χ3v) is 6.02. The summed E-state index contributed by atoms with van der Waals surface area (Å²) in [6.45, 7) is -0.721. The molecule has 0 atom stereocenters. The van der Waals surface area contributed by atoms with Crippen LogP contribution in [0.25, 0.3) is 0 Å². The van der Waals surface area contributed by atoms with E-state index in [1.54, 1.807) is 0 Å². The standard InChI is InChI=1S/C16H14BrNO7S/c1-23-13-5-3-11(7-12(13)17)26(21,22)18(8-16(19)20)10-2-4-14-15(6-10)25-9-24-14/h2-7H,8-9H2,1H3,(H,19,20). The maximum atomic E-state index is 13.0. The number of hydrogen-bond donors (Lipinski definition) is 1. The van der Waals surface area contributed by atoms with E-state index in [0.29, 0.717) is 21.7 Å². The lowest BCUT2D eigenvalue weighted by Crippen LogP contribution is -2.35. The minimum absolute atomic E-state index is 0.0237. The predicted octanol–water partition coefficient (Wildman–Crippen LogP) is 2.47. The van der Waals surface area contributed by atoms with Crippen LogP contribution in [0.3, 0.4) is 0 Å². The van der Waals surface area contributed by atoms with Crippen LogP contribution in [0.4, 0.5) is 5.69 Å². The Hall–Kier alpha value is -2.46.